The Labute approximate surface area is 127 Å². The van der Waals surface area contributed by atoms with Gasteiger partial charge in [0, 0.05) is 5.92 Å². The van der Waals surface area contributed by atoms with Gasteiger partial charge >= 0.3 is 0 Å². The quantitative estimate of drug-likeness (QED) is 0.879. The van der Waals surface area contributed by atoms with Crippen LogP contribution in [0, 0.1) is 5.92 Å². The van der Waals surface area contributed by atoms with Crippen molar-refractivity contribution >= 4 is 38.9 Å². The molecule has 2 aromatic rings. The summed E-state index contributed by atoms with van der Waals surface area (Å²) in [4.78, 5) is 29.2. The fourth-order valence-corrected chi connectivity index (χ4v) is 3.42. The van der Waals surface area contributed by atoms with Crippen molar-refractivity contribution in [2.45, 2.75) is 12.8 Å². The highest BCUT2D eigenvalue weighted by molar-refractivity contribution is 7.22. The van der Waals surface area contributed by atoms with Crippen LogP contribution in [0.5, 0.6) is 0 Å². The van der Waals surface area contributed by atoms with Gasteiger partial charge in [0.15, 0.2) is 5.13 Å². The fourth-order valence-electron chi connectivity index (χ4n) is 2.53. The maximum absolute atomic E-state index is 12.1. The summed E-state index contributed by atoms with van der Waals surface area (Å²) in [5.41, 5.74) is 0.907. The molecular formula is C15H17N3O2S. The van der Waals surface area contributed by atoms with Crippen LogP contribution < -0.4 is 5.32 Å². The minimum atomic E-state index is -0.0430. The molecule has 0 radical (unpaired) electrons. The number of para-hydroxylation sites is 1. The van der Waals surface area contributed by atoms with Crippen LogP contribution in [0.25, 0.3) is 10.2 Å². The van der Waals surface area contributed by atoms with E-state index in [1.165, 1.54) is 11.3 Å². The van der Waals surface area contributed by atoms with E-state index in [9.17, 15) is 9.59 Å². The van der Waals surface area contributed by atoms with Gasteiger partial charge in [0.1, 0.15) is 6.29 Å². The van der Waals surface area contributed by atoms with E-state index >= 15 is 0 Å². The minimum Gasteiger partial charge on any atom is -0.303 e. The molecule has 0 aliphatic carbocycles. The third-order valence-corrected chi connectivity index (χ3v) is 4.68. The zero-order valence-corrected chi connectivity index (χ0v) is 12.4. The lowest BCUT2D eigenvalue weighted by Gasteiger charge is -2.28. The van der Waals surface area contributed by atoms with E-state index in [1.54, 1.807) is 0 Å². The molecule has 0 atom stereocenters. The van der Waals surface area contributed by atoms with E-state index in [4.69, 9.17) is 0 Å². The van der Waals surface area contributed by atoms with Gasteiger partial charge in [-0.2, -0.15) is 0 Å². The number of anilines is 1. The van der Waals surface area contributed by atoms with Crippen molar-refractivity contribution in [2.24, 2.45) is 5.92 Å². The van der Waals surface area contributed by atoms with E-state index in [2.05, 4.69) is 15.2 Å². The molecule has 1 aliphatic heterocycles. The first-order valence-electron chi connectivity index (χ1n) is 7.07. The number of aldehydes is 1. The molecule has 1 aromatic carbocycles. The molecule has 5 nitrogen and oxygen atoms in total. The predicted octanol–water partition coefficient (Wildman–Crippen LogP) is 2.15. The molecule has 110 valence electrons. The summed E-state index contributed by atoms with van der Waals surface area (Å²) in [6.07, 6.45) is 2.72. The van der Waals surface area contributed by atoms with E-state index in [0.717, 1.165) is 42.4 Å². The van der Waals surface area contributed by atoms with Crippen LogP contribution in [0.15, 0.2) is 24.3 Å². The van der Waals surface area contributed by atoms with Gasteiger partial charge in [-0.05, 0) is 38.1 Å². The van der Waals surface area contributed by atoms with Crippen molar-refractivity contribution in [1.29, 1.82) is 0 Å². The van der Waals surface area contributed by atoms with Crippen molar-refractivity contribution < 1.29 is 9.59 Å². The second-order valence-corrected chi connectivity index (χ2v) is 6.32. The molecule has 1 amide bonds. The number of fused-ring (bicyclic) bond motifs is 1. The number of thiazole rings is 1. The fraction of sp³-hybridized carbons (Fsp3) is 0.400. The van der Waals surface area contributed by atoms with Crippen LogP contribution in [0.3, 0.4) is 0 Å². The lowest BCUT2D eigenvalue weighted by Crippen LogP contribution is -2.39. The SMILES string of the molecule is O=CC1CCN(CC(=O)Nc2nc3ccccc3s2)CC1. The first-order valence-corrected chi connectivity index (χ1v) is 7.89. The lowest BCUT2D eigenvalue weighted by molar-refractivity contribution is -0.117. The smallest absolute Gasteiger partial charge is 0.240 e. The molecule has 0 bridgehead atoms. The van der Waals surface area contributed by atoms with Gasteiger partial charge < -0.3 is 10.1 Å². The zero-order chi connectivity index (χ0) is 14.7. The number of nitrogens with one attached hydrogen (secondary N) is 1. The Hall–Kier alpha value is -1.79. The average molecular weight is 303 g/mol. The van der Waals surface area contributed by atoms with Gasteiger partial charge in [-0.25, -0.2) is 4.98 Å². The monoisotopic (exact) mass is 303 g/mol. The third kappa shape index (κ3) is 3.46. The molecule has 2 heterocycles. The molecule has 1 aliphatic rings. The van der Waals surface area contributed by atoms with Crippen molar-refractivity contribution in [2.75, 3.05) is 25.0 Å². The number of amides is 1. The van der Waals surface area contributed by atoms with Crippen molar-refractivity contribution in [3.8, 4) is 0 Å². The summed E-state index contributed by atoms with van der Waals surface area (Å²) in [5, 5.41) is 3.50. The number of nitrogens with zero attached hydrogens (tertiary/aromatic N) is 2. The Balaban J connectivity index is 1.55. The summed E-state index contributed by atoms with van der Waals surface area (Å²) >= 11 is 1.48. The first kappa shape index (κ1) is 14.2. The topological polar surface area (TPSA) is 62.3 Å². The molecule has 1 aromatic heterocycles. The van der Waals surface area contributed by atoms with Crippen LogP contribution in [-0.2, 0) is 9.59 Å². The molecule has 0 spiro atoms. The highest BCUT2D eigenvalue weighted by atomic mass is 32.1. The number of carbonyl (C=O) groups is 2. The van der Waals surface area contributed by atoms with Crippen LogP contribution >= 0.6 is 11.3 Å². The van der Waals surface area contributed by atoms with Crippen molar-refractivity contribution in [3.63, 3.8) is 0 Å². The highest BCUT2D eigenvalue weighted by Gasteiger charge is 2.20. The number of piperidine rings is 1. The Morgan fingerprint density at radius 1 is 1.38 bits per heavy atom. The van der Waals surface area contributed by atoms with E-state index in [1.807, 2.05) is 24.3 Å². The molecule has 0 unspecified atom stereocenters. The number of aromatic nitrogens is 1. The van der Waals surface area contributed by atoms with Gasteiger partial charge in [0.25, 0.3) is 0 Å². The van der Waals surface area contributed by atoms with E-state index in [0.29, 0.717) is 11.7 Å². The number of benzene rings is 1. The first-order chi connectivity index (χ1) is 10.2. The normalized spacial score (nSPS) is 17.0. The molecule has 1 saturated heterocycles. The Morgan fingerprint density at radius 3 is 2.86 bits per heavy atom. The van der Waals surface area contributed by atoms with Gasteiger partial charge in [-0.15, -0.1) is 0 Å². The Kier molecular flexibility index (Phi) is 4.26. The highest BCUT2D eigenvalue weighted by Crippen LogP contribution is 2.25. The van der Waals surface area contributed by atoms with Crippen LogP contribution in [0.4, 0.5) is 5.13 Å². The zero-order valence-electron chi connectivity index (χ0n) is 11.6. The second kappa shape index (κ2) is 6.32. The molecule has 1 N–H and O–H groups in total. The summed E-state index contributed by atoms with van der Waals surface area (Å²) < 4.78 is 1.07. The molecule has 6 heteroatoms. The van der Waals surface area contributed by atoms with E-state index in [-0.39, 0.29) is 11.8 Å². The molecule has 1 fully saturated rings. The number of carbonyl (C=O) groups excluding carboxylic acids is 2. The standard InChI is InChI=1S/C15H17N3O2S/c19-10-11-5-7-18(8-6-11)9-14(20)17-15-16-12-3-1-2-4-13(12)21-15/h1-4,10-11H,5-9H2,(H,16,17,20). The second-order valence-electron chi connectivity index (χ2n) is 5.28. The maximum atomic E-state index is 12.1. The van der Waals surface area contributed by atoms with Crippen LogP contribution in [-0.4, -0.2) is 41.7 Å². The molecule has 21 heavy (non-hydrogen) atoms. The minimum absolute atomic E-state index is 0.0430. The van der Waals surface area contributed by atoms with Gasteiger partial charge in [-0.3, -0.25) is 9.69 Å². The van der Waals surface area contributed by atoms with Crippen molar-refractivity contribution in [3.05, 3.63) is 24.3 Å². The summed E-state index contributed by atoms with van der Waals surface area (Å²) in [5.74, 6) is 0.118. The predicted molar refractivity (Wildman–Crippen MR) is 83.5 cm³/mol. The summed E-state index contributed by atoms with van der Waals surface area (Å²) in [7, 11) is 0. The molecule has 3 rings (SSSR count). The molecule has 0 saturated carbocycles. The van der Waals surface area contributed by atoms with Gasteiger partial charge in [0.05, 0.1) is 16.8 Å². The van der Waals surface area contributed by atoms with Crippen molar-refractivity contribution in [1.82, 2.24) is 9.88 Å². The number of likely N-dealkylation sites (tertiary alicyclic amines) is 1. The summed E-state index contributed by atoms with van der Waals surface area (Å²) in [6.45, 7) is 1.97. The lowest BCUT2D eigenvalue weighted by atomic mass is 9.99. The number of hydrogen-bond donors (Lipinski definition) is 1. The maximum Gasteiger partial charge on any atom is 0.240 e. The van der Waals surface area contributed by atoms with Gasteiger partial charge in [-0.1, -0.05) is 23.5 Å². The summed E-state index contributed by atoms with van der Waals surface area (Å²) in [6, 6.07) is 7.83. The van der Waals surface area contributed by atoms with Crippen LogP contribution in [0.1, 0.15) is 12.8 Å². The van der Waals surface area contributed by atoms with E-state index < -0.39 is 0 Å². The Morgan fingerprint density at radius 2 is 2.14 bits per heavy atom. The number of hydrogen-bond acceptors (Lipinski definition) is 5. The average Bonchev–Trinajstić information content (AvgIpc) is 2.90. The Bertz CT molecular complexity index is 614. The third-order valence-electron chi connectivity index (χ3n) is 3.73. The molecular weight excluding hydrogens is 286 g/mol. The van der Waals surface area contributed by atoms with Gasteiger partial charge in [0.2, 0.25) is 5.91 Å². The van der Waals surface area contributed by atoms with Crippen LogP contribution in [0.2, 0.25) is 0 Å². The number of rotatable bonds is 4. The largest absolute Gasteiger partial charge is 0.303 e.